The molecule has 0 aliphatic carbocycles. The minimum absolute atomic E-state index is 0.907. The maximum Gasteiger partial charge on any atom is 0.205 e. The smallest absolute Gasteiger partial charge is 0.205 e. The lowest BCUT2D eigenvalue weighted by Crippen LogP contribution is -2.52. The molecule has 6 nitrogen and oxygen atoms in total. The Labute approximate surface area is 154 Å². The molecule has 1 aliphatic rings. The number of nitrogens with one attached hydrogen (secondary N) is 1. The highest BCUT2D eigenvalue weighted by molar-refractivity contribution is 7.98. The number of hydrogen-bond acceptors (Lipinski definition) is 6. The van der Waals surface area contributed by atoms with Gasteiger partial charge in [-0.3, -0.25) is 4.99 Å². The van der Waals surface area contributed by atoms with Gasteiger partial charge in [0.2, 0.25) is 5.13 Å². The third-order valence-corrected chi connectivity index (χ3v) is 5.49. The van der Waals surface area contributed by atoms with Crippen LogP contribution in [0.25, 0.3) is 0 Å². The van der Waals surface area contributed by atoms with Crippen molar-refractivity contribution in [3.8, 4) is 0 Å². The molecule has 2 rings (SSSR count). The molecule has 0 bridgehead atoms. The number of aromatic nitrogens is 2. The van der Waals surface area contributed by atoms with Crippen LogP contribution < -0.4 is 10.2 Å². The first-order chi connectivity index (χ1) is 11.8. The molecular formula is C16H30N6S2. The standard InChI is InChI=1S/C16H30N6S2/c1-4-14-19-16(24-20-14)22-11-9-21(10-12-22)15(17-5-2)18-8-6-7-13-23-3/h4-13H2,1-3H3,(H,17,18). The lowest BCUT2D eigenvalue weighted by Gasteiger charge is -2.36. The zero-order valence-electron chi connectivity index (χ0n) is 15.1. The summed E-state index contributed by atoms with van der Waals surface area (Å²) in [5.41, 5.74) is 0. The number of nitrogens with zero attached hydrogens (tertiary/aromatic N) is 5. The summed E-state index contributed by atoms with van der Waals surface area (Å²) in [4.78, 5) is 14.1. The number of piperazine rings is 1. The van der Waals surface area contributed by atoms with Gasteiger partial charge in [0, 0.05) is 57.2 Å². The maximum absolute atomic E-state index is 4.80. The van der Waals surface area contributed by atoms with E-state index in [0.717, 1.165) is 62.6 Å². The second-order valence-electron chi connectivity index (χ2n) is 5.76. The Kier molecular flexibility index (Phi) is 8.66. The van der Waals surface area contributed by atoms with Gasteiger partial charge >= 0.3 is 0 Å². The number of unbranched alkanes of at least 4 members (excludes halogenated alkanes) is 1. The SMILES string of the molecule is CCNC(=NCCCCSC)N1CCN(c2nc(CC)ns2)CC1. The van der Waals surface area contributed by atoms with E-state index in [1.807, 2.05) is 11.8 Å². The van der Waals surface area contributed by atoms with Crippen molar-refractivity contribution in [2.24, 2.45) is 4.99 Å². The lowest BCUT2D eigenvalue weighted by atomic mass is 10.3. The van der Waals surface area contributed by atoms with Crippen LogP contribution in [0.2, 0.25) is 0 Å². The lowest BCUT2D eigenvalue weighted by molar-refractivity contribution is 0.372. The molecule has 136 valence electrons. The summed E-state index contributed by atoms with van der Waals surface area (Å²) in [7, 11) is 0. The third-order valence-electron chi connectivity index (χ3n) is 3.98. The van der Waals surface area contributed by atoms with Crippen molar-refractivity contribution in [2.45, 2.75) is 33.1 Å². The van der Waals surface area contributed by atoms with E-state index in [4.69, 9.17) is 4.99 Å². The number of guanidine groups is 1. The Bertz CT molecular complexity index is 497. The van der Waals surface area contributed by atoms with Gasteiger partial charge in [0.05, 0.1) is 0 Å². The number of aryl methyl sites for hydroxylation is 1. The first-order valence-electron chi connectivity index (χ1n) is 8.88. The van der Waals surface area contributed by atoms with Crippen molar-refractivity contribution < 1.29 is 0 Å². The van der Waals surface area contributed by atoms with E-state index < -0.39 is 0 Å². The van der Waals surface area contributed by atoms with Crippen molar-refractivity contribution in [1.82, 2.24) is 19.6 Å². The predicted octanol–water partition coefficient (Wildman–Crippen LogP) is 2.33. The molecule has 0 amide bonds. The van der Waals surface area contributed by atoms with Gasteiger partial charge in [-0.05, 0) is 31.8 Å². The van der Waals surface area contributed by atoms with Crippen LogP contribution in [0.15, 0.2) is 4.99 Å². The summed E-state index contributed by atoms with van der Waals surface area (Å²) in [5, 5.41) is 4.50. The van der Waals surface area contributed by atoms with E-state index in [1.165, 1.54) is 30.1 Å². The third kappa shape index (κ3) is 5.81. The van der Waals surface area contributed by atoms with E-state index in [1.54, 1.807) is 0 Å². The van der Waals surface area contributed by atoms with Crippen molar-refractivity contribution in [3.63, 3.8) is 0 Å². The molecule has 0 aromatic carbocycles. The van der Waals surface area contributed by atoms with Crippen molar-refractivity contribution in [2.75, 3.05) is 56.2 Å². The van der Waals surface area contributed by atoms with Gasteiger partial charge in [0.1, 0.15) is 5.82 Å². The largest absolute Gasteiger partial charge is 0.357 e. The zero-order chi connectivity index (χ0) is 17.2. The van der Waals surface area contributed by atoms with E-state index in [9.17, 15) is 0 Å². The topological polar surface area (TPSA) is 56.7 Å². The fourth-order valence-corrected chi connectivity index (χ4v) is 3.89. The van der Waals surface area contributed by atoms with Gasteiger partial charge in [-0.1, -0.05) is 6.92 Å². The molecule has 0 saturated carbocycles. The van der Waals surface area contributed by atoms with Gasteiger partial charge in [-0.25, -0.2) is 4.98 Å². The van der Waals surface area contributed by atoms with Crippen LogP contribution in [0.4, 0.5) is 5.13 Å². The van der Waals surface area contributed by atoms with Gasteiger partial charge < -0.3 is 15.1 Å². The average Bonchev–Trinajstić information content (AvgIpc) is 3.10. The molecule has 24 heavy (non-hydrogen) atoms. The van der Waals surface area contributed by atoms with Crippen LogP contribution in [0.1, 0.15) is 32.5 Å². The highest BCUT2D eigenvalue weighted by Gasteiger charge is 2.21. The van der Waals surface area contributed by atoms with Crippen molar-refractivity contribution in [1.29, 1.82) is 0 Å². The molecule has 1 fully saturated rings. The molecule has 2 heterocycles. The molecule has 0 radical (unpaired) electrons. The molecule has 1 aliphatic heterocycles. The Hall–Kier alpha value is -1.02. The summed E-state index contributed by atoms with van der Waals surface area (Å²) in [6, 6.07) is 0. The summed E-state index contributed by atoms with van der Waals surface area (Å²) in [6.07, 6.45) is 5.48. The maximum atomic E-state index is 4.80. The second-order valence-corrected chi connectivity index (χ2v) is 7.47. The normalized spacial score (nSPS) is 15.9. The Morgan fingerprint density at radius 2 is 2.04 bits per heavy atom. The van der Waals surface area contributed by atoms with Crippen LogP contribution in [0, 0.1) is 0 Å². The number of thioether (sulfide) groups is 1. The van der Waals surface area contributed by atoms with E-state index in [2.05, 4.69) is 44.6 Å². The minimum atomic E-state index is 0.907. The molecule has 0 unspecified atom stereocenters. The van der Waals surface area contributed by atoms with Gasteiger partial charge in [-0.15, -0.1) is 0 Å². The summed E-state index contributed by atoms with van der Waals surface area (Å²) >= 11 is 3.43. The van der Waals surface area contributed by atoms with Gasteiger partial charge in [0.15, 0.2) is 5.96 Å². The van der Waals surface area contributed by atoms with Crippen molar-refractivity contribution >= 4 is 34.4 Å². The quantitative estimate of drug-likeness (QED) is 0.431. The van der Waals surface area contributed by atoms with Gasteiger partial charge in [0.25, 0.3) is 0 Å². The number of aliphatic imine (C=N–C) groups is 1. The van der Waals surface area contributed by atoms with Crippen molar-refractivity contribution in [3.05, 3.63) is 5.82 Å². The average molecular weight is 371 g/mol. The number of rotatable bonds is 8. The second kappa shape index (κ2) is 10.8. The number of anilines is 1. The zero-order valence-corrected chi connectivity index (χ0v) is 16.8. The van der Waals surface area contributed by atoms with E-state index in [-0.39, 0.29) is 0 Å². The van der Waals surface area contributed by atoms with Crippen LogP contribution in [0.5, 0.6) is 0 Å². The van der Waals surface area contributed by atoms with Crippen LogP contribution >= 0.6 is 23.3 Å². The highest BCUT2D eigenvalue weighted by atomic mass is 32.2. The van der Waals surface area contributed by atoms with E-state index >= 15 is 0 Å². The molecule has 0 atom stereocenters. The molecule has 0 spiro atoms. The summed E-state index contributed by atoms with van der Waals surface area (Å²) in [6.45, 7) is 9.99. The fourth-order valence-electron chi connectivity index (χ4n) is 2.60. The van der Waals surface area contributed by atoms with Crippen LogP contribution in [-0.2, 0) is 6.42 Å². The molecule has 1 aromatic rings. The first kappa shape index (κ1) is 19.3. The minimum Gasteiger partial charge on any atom is -0.357 e. The Morgan fingerprint density at radius 1 is 1.25 bits per heavy atom. The molecule has 1 N–H and O–H groups in total. The summed E-state index contributed by atoms with van der Waals surface area (Å²) in [5.74, 6) is 3.25. The van der Waals surface area contributed by atoms with Crippen LogP contribution in [0.3, 0.4) is 0 Å². The monoisotopic (exact) mass is 370 g/mol. The highest BCUT2D eigenvalue weighted by Crippen LogP contribution is 2.19. The number of hydrogen-bond donors (Lipinski definition) is 1. The molecule has 1 aromatic heterocycles. The molecule has 8 heteroatoms. The Balaban J connectivity index is 1.83. The predicted molar refractivity (Wildman–Crippen MR) is 107 cm³/mol. The van der Waals surface area contributed by atoms with E-state index in [0.29, 0.717) is 0 Å². The molecular weight excluding hydrogens is 340 g/mol. The molecule has 1 saturated heterocycles. The van der Waals surface area contributed by atoms with Gasteiger partial charge in [-0.2, -0.15) is 16.1 Å². The fraction of sp³-hybridized carbons (Fsp3) is 0.812. The van der Waals surface area contributed by atoms with Crippen LogP contribution in [-0.4, -0.2) is 71.5 Å². The summed E-state index contributed by atoms with van der Waals surface area (Å²) < 4.78 is 4.40. The first-order valence-corrected chi connectivity index (χ1v) is 11.0. The Morgan fingerprint density at radius 3 is 2.67 bits per heavy atom.